The summed E-state index contributed by atoms with van der Waals surface area (Å²) in [5.41, 5.74) is 3.16. The smallest absolute Gasteiger partial charge is 0.134 e. The van der Waals surface area contributed by atoms with E-state index < -0.39 is 0 Å². The molecule has 0 heterocycles. The lowest BCUT2D eigenvalue weighted by atomic mass is 9.85. The minimum absolute atomic E-state index is 0.00116. The van der Waals surface area contributed by atoms with E-state index in [-0.39, 0.29) is 5.92 Å². The zero-order chi connectivity index (χ0) is 23.8. The first-order chi connectivity index (χ1) is 16.1. The molecule has 3 aromatic carbocycles. The lowest BCUT2D eigenvalue weighted by Crippen LogP contribution is -2.06. The summed E-state index contributed by atoms with van der Waals surface area (Å²) in [5, 5.41) is 5.50. The Morgan fingerprint density at radius 2 is 1.45 bits per heavy atom. The van der Waals surface area contributed by atoms with Crippen molar-refractivity contribution >= 4 is 17.0 Å². The summed E-state index contributed by atoms with van der Waals surface area (Å²) in [6, 6.07) is 16.1. The highest BCUT2D eigenvalue weighted by atomic mass is 16.6. The zero-order valence-electron chi connectivity index (χ0n) is 20.0. The Kier molecular flexibility index (Phi) is 8.19. The van der Waals surface area contributed by atoms with Crippen molar-refractivity contribution in [2.75, 3.05) is 35.5 Å². The van der Waals surface area contributed by atoms with Crippen LogP contribution in [0.2, 0.25) is 0 Å². The molecule has 0 aliphatic heterocycles. The van der Waals surface area contributed by atoms with Crippen LogP contribution >= 0.6 is 0 Å². The lowest BCUT2D eigenvalue weighted by molar-refractivity contribution is 0.215. The van der Waals surface area contributed by atoms with Gasteiger partial charge < -0.3 is 23.8 Å². The highest BCUT2D eigenvalue weighted by Gasteiger charge is 2.25. The molecule has 0 saturated heterocycles. The Hall–Kier alpha value is -3.67. The van der Waals surface area contributed by atoms with Gasteiger partial charge in [-0.25, -0.2) is 0 Å². The summed E-state index contributed by atoms with van der Waals surface area (Å²) in [7, 11) is 8.16. The quantitative estimate of drug-likeness (QED) is 0.282. The van der Waals surface area contributed by atoms with Crippen molar-refractivity contribution < 1.29 is 23.8 Å². The maximum absolute atomic E-state index is 6.02. The van der Waals surface area contributed by atoms with Gasteiger partial charge in [0.25, 0.3) is 0 Å². The van der Waals surface area contributed by atoms with E-state index in [9.17, 15) is 0 Å². The third kappa shape index (κ3) is 5.06. The van der Waals surface area contributed by atoms with Crippen LogP contribution in [-0.2, 0) is 4.84 Å². The fraction of sp³-hybridized carbons (Fsp3) is 0.296. The average molecular weight is 450 g/mol. The molecule has 0 fully saturated rings. The molecule has 0 spiro atoms. The summed E-state index contributed by atoms with van der Waals surface area (Å²) in [6.45, 7) is 2.00. The lowest BCUT2D eigenvalue weighted by Gasteiger charge is -2.24. The first-order valence-electron chi connectivity index (χ1n) is 10.7. The van der Waals surface area contributed by atoms with E-state index in [1.807, 2.05) is 43.3 Å². The molecule has 6 nitrogen and oxygen atoms in total. The molecule has 174 valence electrons. The molecule has 0 bridgehead atoms. The standard InChI is InChI=1S/C27H31NO5/c1-18(17-28-33-6)12-13-20(19-10-8-7-9-11-19)21-16-24(31-4)25-22(29-2)14-15-23(30-3)26(25)27(21)32-5/h7-12,14-17,20H,13H2,1-6H3. The molecule has 0 radical (unpaired) electrons. The van der Waals surface area contributed by atoms with Gasteiger partial charge in [-0.05, 0) is 42.7 Å². The number of fused-ring (bicyclic) bond motifs is 1. The van der Waals surface area contributed by atoms with Gasteiger partial charge in [-0.1, -0.05) is 41.6 Å². The summed E-state index contributed by atoms with van der Waals surface area (Å²) in [5.74, 6) is 2.80. The first-order valence-corrected chi connectivity index (χ1v) is 10.7. The molecular weight excluding hydrogens is 418 g/mol. The number of benzene rings is 3. The predicted octanol–water partition coefficient (Wildman–Crippen LogP) is 5.97. The summed E-state index contributed by atoms with van der Waals surface area (Å²) < 4.78 is 23.2. The molecule has 0 saturated carbocycles. The Balaban J connectivity index is 2.31. The molecule has 1 atom stereocenters. The number of rotatable bonds is 10. The minimum atomic E-state index is 0.00116. The largest absolute Gasteiger partial charge is 0.496 e. The van der Waals surface area contributed by atoms with Crippen LogP contribution in [0.5, 0.6) is 23.0 Å². The Morgan fingerprint density at radius 3 is 2.03 bits per heavy atom. The van der Waals surface area contributed by atoms with Crippen LogP contribution in [0.15, 0.2) is 65.3 Å². The number of nitrogens with zero attached hydrogens (tertiary/aromatic N) is 1. The molecule has 0 amide bonds. The monoisotopic (exact) mass is 449 g/mol. The van der Waals surface area contributed by atoms with Crippen LogP contribution in [-0.4, -0.2) is 41.8 Å². The van der Waals surface area contributed by atoms with E-state index in [0.29, 0.717) is 17.2 Å². The van der Waals surface area contributed by atoms with Gasteiger partial charge >= 0.3 is 0 Å². The van der Waals surface area contributed by atoms with Crippen LogP contribution in [0.1, 0.15) is 30.4 Å². The van der Waals surface area contributed by atoms with Gasteiger partial charge in [0.2, 0.25) is 0 Å². The van der Waals surface area contributed by atoms with Gasteiger partial charge in [-0.15, -0.1) is 0 Å². The highest BCUT2D eigenvalue weighted by molar-refractivity contribution is 6.03. The van der Waals surface area contributed by atoms with E-state index in [2.05, 4.69) is 23.4 Å². The summed E-state index contributed by atoms with van der Waals surface area (Å²) in [6.07, 6.45) is 4.57. The van der Waals surface area contributed by atoms with Crippen molar-refractivity contribution in [2.45, 2.75) is 19.3 Å². The fourth-order valence-corrected chi connectivity index (χ4v) is 4.06. The third-order valence-corrected chi connectivity index (χ3v) is 5.63. The van der Waals surface area contributed by atoms with E-state index in [4.69, 9.17) is 23.8 Å². The molecule has 3 rings (SSSR count). The van der Waals surface area contributed by atoms with Crippen molar-refractivity contribution in [3.05, 3.63) is 71.3 Å². The molecule has 3 aromatic rings. The van der Waals surface area contributed by atoms with Crippen LogP contribution < -0.4 is 18.9 Å². The van der Waals surface area contributed by atoms with Gasteiger partial charge in [0, 0.05) is 11.5 Å². The minimum Gasteiger partial charge on any atom is -0.496 e. The van der Waals surface area contributed by atoms with E-state index in [1.165, 1.54) is 7.11 Å². The van der Waals surface area contributed by atoms with E-state index >= 15 is 0 Å². The van der Waals surface area contributed by atoms with Crippen LogP contribution in [0.4, 0.5) is 0 Å². The van der Waals surface area contributed by atoms with Gasteiger partial charge in [-0.2, -0.15) is 0 Å². The average Bonchev–Trinajstić information content (AvgIpc) is 2.86. The number of hydrogen-bond acceptors (Lipinski definition) is 6. The molecule has 1 unspecified atom stereocenters. The highest BCUT2D eigenvalue weighted by Crippen LogP contribution is 2.49. The van der Waals surface area contributed by atoms with Crippen LogP contribution in [0.3, 0.4) is 0 Å². The number of oxime groups is 1. The number of allylic oxidation sites excluding steroid dienone is 2. The fourth-order valence-electron chi connectivity index (χ4n) is 4.06. The van der Waals surface area contributed by atoms with Crippen molar-refractivity contribution in [3.63, 3.8) is 0 Å². The molecule has 0 aliphatic carbocycles. The van der Waals surface area contributed by atoms with Crippen molar-refractivity contribution in [1.29, 1.82) is 0 Å². The maximum atomic E-state index is 6.02. The van der Waals surface area contributed by atoms with Gasteiger partial charge in [0.05, 0.1) is 45.4 Å². The molecule has 0 aliphatic rings. The van der Waals surface area contributed by atoms with Crippen molar-refractivity contribution in [2.24, 2.45) is 5.16 Å². The van der Waals surface area contributed by atoms with Gasteiger partial charge in [0.1, 0.15) is 30.1 Å². The van der Waals surface area contributed by atoms with Crippen molar-refractivity contribution in [3.8, 4) is 23.0 Å². The zero-order valence-corrected chi connectivity index (χ0v) is 20.0. The second-order valence-electron chi connectivity index (χ2n) is 7.49. The number of ether oxygens (including phenoxy) is 4. The van der Waals surface area contributed by atoms with Crippen molar-refractivity contribution in [1.82, 2.24) is 0 Å². The first kappa shape index (κ1) is 24.0. The second-order valence-corrected chi connectivity index (χ2v) is 7.49. The molecule has 33 heavy (non-hydrogen) atoms. The second kappa shape index (κ2) is 11.3. The van der Waals surface area contributed by atoms with Gasteiger partial charge in [-0.3, -0.25) is 0 Å². The summed E-state index contributed by atoms with van der Waals surface area (Å²) >= 11 is 0. The number of methoxy groups -OCH3 is 4. The predicted molar refractivity (Wildman–Crippen MR) is 132 cm³/mol. The molecule has 0 N–H and O–H groups in total. The van der Waals surface area contributed by atoms with E-state index in [0.717, 1.165) is 39.6 Å². The SMILES string of the molecule is CON=CC(C)=CCC(c1ccccc1)c1cc(OC)c2c(OC)ccc(OC)c2c1OC. The number of hydrogen-bond donors (Lipinski definition) is 0. The molecule has 6 heteroatoms. The van der Waals surface area contributed by atoms with Crippen LogP contribution in [0, 0.1) is 0 Å². The Morgan fingerprint density at radius 1 is 0.818 bits per heavy atom. The topological polar surface area (TPSA) is 58.5 Å². The normalized spacial score (nSPS) is 12.6. The van der Waals surface area contributed by atoms with E-state index in [1.54, 1.807) is 34.7 Å². The Labute approximate surface area is 195 Å². The molecular formula is C27H31NO5. The van der Waals surface area contributed by atoms with Crippen LogP contribution in [0.25, 0.3) is 10.8 Å². The molecule has 0 aromatic heterocycles. The third-order valence-electron chi connectivity index (χ3n) is 5.63. The summed E-state index contributed by atoms with van der Waals surface area (Å²) in [4.78, 5) is 4.82. The Bertz CT molecular complexity index is 1140. The maximum Gasteiger partial charge on any atom is 0.134 e. The van der Waals surface area contributed by atoms with Gasteiger partial charge in [0.15, 0.2) is 0 Å².